The topological polar surface area (TPSA) is 50.7 Å². The summed E-state index contributed by atoms with van der Waals surface area (Å²) in [7, 11) is -0.756. The Morgan fingerprint density at radius 1 is 1.85 bits per heavy atom. The van der Waals surface area contributed by atoms with Gasteiger partial charge in [0.05, 0.1) is 0 Å². The molecule has 0 bridgehead atoms. The SMILES string of the molecule is CC(CCn1cn[nH]c1=S)S(C)=O. The molecule has 0 aromatic carbocycles. The van der Waals surface area contributed by atoms with Crippen molar-refractivity contribution >= 4 is 23.0 Å². The van der Waals surface area contributed by atoms with Crippen LogP contribution in [0, 0.1) is 4.77 Å². The molecule has 0 aliphatic carbocycles. The summed E-state index contributed by atoms with van der Waals surface area (Å²) in [5.41, 5.74) is 0. The molecule has 74 valence electrons. The normalized spacial score (nSPS) is 15.5. The van der Waals surface area contributed by atoms with Gasteiger partial charge in [0.2, 0.25) is 0 Å². The summed E-state index contributed by atoms with van der Waals surface area (Å²) >= 11 is 4.97. The molecule has 0 fully saturated rings. The summed E-state index contributed by atoms with van der Waals surface area (Å²) < 4.78 is 13.5. The zero-order chi connectivity index (χ0) is 9.84. The minimum absolute atomic E-state index is 0.205. The molecule has 0 amide bonds. The number of rotatable bonds is 4. The van der Waals surface area contributed by atoms with Crippen molar-refractivity contribution in [2.24, 2.45) is 0 Å². The van der Waals surface area contributed by atoms with Crippen molar-refractivity contribution in [2.75, 3.05) is 6.26 Å². The van der Waals surface area contributed by atoms with Crippen LogP contribution in [-0.4, -0.2) is 30.5 Å². The van der Waals surface area contributed by atoms with Crippen molar-refractivity contribution in [2.45, 2.75) is 25.1 Å². The van der Waals surface area contributed by atoms with Crippen molar-refractivity contribution in [3.05, 3.63) is 11.1 Å². The first-order valence-corrected chi connectivity index (χ1v) is 6.06. The van der Waals surface area contributed by atoms with Gasteiger partial charge in [-0.05, 0) is 18.6 Å². The van der Waals surface area contributed by atoms with E-state index in [1.165, 1.54) is 0 Å². The summed E-state index contributed by atoms with van der Waals surface area (Å²) in [5, 5.41) is 6.68. The van der Waals surface area contributed by atoms with Crippen LogP contribution in [0.15, 0.2) is 6.33 Å². The minimum Gasteiger partial charge on any atom is -0.307 e. The molecule has 13 heavy (non-hydrogen) atoms. The Kier molecular flexibility index (Phi) is 3.80. The highest BCUT2D eigenvalue weighted by Crippen LogP contribution is 2.01. The zero-order valence-electron chi connectivity index (χ0n) is 7.69. The van der Waals surface area contributed by atoms with Gasteiger partial charge in [-0.2, -0.15) is 5.10 Å². The third-order valence-corrected chi connectivity index (χ3v) is 3.66. The Bertz CT molecular complexity index is 344. The fourth-order valence-corrected chi connectivity index (χ4v) is 1.55. The second kappa shape index (κ2) is 4.66. The summed E-state index contributed by atoms with van der Waals surface area (Å²) in [6.45, 7) is 2.75. The molecule has 1 heterocycles. The molecule has 0 saturated carbocycles. The number of hydrogen-bond donors (Lipinski definition) is 1. The van der Waals surface area contributed by atoms with Crippen LogP contribution in [0.4, 0.5) is 0 Å². The number of hydrogen-bond acceptors (Lipinski definition) is 3. The molecular weight excluding hydrogens is 206 g/mol. The van der Waals surface area contributed by atoms with Gasteiger partial charge in [-0.1, -0.05) is 6.92 Å². The Morgan fingerprint density at radius 3 is 3.00 bits per heavy atom. The van der Waals surface area contributed by atoms with Gasteiger partial charge >= 0.3 is 0 Å². The van der Waals surface area contributed by atoms with Crippen LogP contribution in [0.3, 0.4) is 0 Å². The maximum Gasteiger partial charge on any atom is 0.194 e. The average molecular weight is 219 g/mol. The number of nitrogens with one attached hydrogen (secondary N) is 1. The lowest BCUT2D eigenvalue weighted by Crippen LogP contribution is -2.12. The van der Waals surface area contributed by atoms with Gasteiger partial charge in [0.25, 0.3) is 0 Å². The van der Waals surface area contributed by atoms with E-state index < -0.39 is 10.8 Å². The lowest BCUT2D eigenvalue weighted by atomic mass is 10.3. The van der Waals surface area contributed by atoms with Gasteiger partial charge in [-0.15, -0.1) is 0 Å². The van der Waals surface area contributed by atoms with E-state index in [1.54, 1.807) is 12.6 Å². The highest BCUT2D eigenvalue weighted by Gasteiger charge is 2.06. The number of aromatic amines is 1. The fraction of sp³-hybridized carbons (Fsp3) is 0.714. The third-order valence-electron chi connectivity index (χ3n) is 1.96. The molecule has 0 aliphatic heterocycles. The van der Waals surface area contributed by atoms with E-state index in [1.807, 2.05) is 11.5 Å². The molecule has 4 nitrogen and oxygen atoms in total. The van der Waals surface area contributed by atoms with Crippen LogP contribution < -0.4 is 0 Å². The molecule has 2 unspecified atom stereocenters. The Balaban J connectivity index is 2.48. The summed E-state index contributed by atoms with van der Waals surface area (Å²) in [4.78, 5) is 0. The first kappa shape index (κ1) is 10.6. The smallest absolute Gasteiger partial charge is 0.194 e. The lowest BCUT2D eigenvalue weighted by molar-refractivity contribution is 0.613. The maximum atomic E-state index is 11.0. The van der Waals surface area contributed by atoms with Crippen LogP contribution in [0.5, 0.6) is 0 Å². The van der Waals surface area contributed by atoms with Crippen LogP contribution in [-0.2, 0) is 17.3 Å². The molecular formula is C7H13N3OS2. The van der Waals surface area contributed by atoms with Gasteiger partial charge in [0.15, 0.2) is 4.77 Å². The average Bonchev–Trinajstić information content (AvgIpc) is 2.47. The van der Waals surface area contributed by atoms with E-state index in [4.69, 9.17) is 12.2 Å². The van der Waals surface area contributed by atoms with E-state index in [9.17, 15) is 4.21 Å². The van der Waals surface area contributed by atoms with Gasteiger partial charge in [0.1, 0.15) is 6.33 Å². The molecule has 1 rings (SSSR count). The van der Waals surface area contributed by atoms with E-state index in [0.29, 0.717) is 4.77 Å². The molecule has 0 radical (unpaired) electrons. The third kappa shape index (κ3) is 3.04. The van der Waals surface area contributed by atoms with Crippen LogP contribution >= 0.6 is 12.2 Å². The van der Waals surface area contributed by atoms with Gasteiger partial charge in [0, 0.05) is 28.9 Å². The second-order valence-electron chi connectivity index (χ2n) is 2.95. The second-order valence-corrected chi connectivity index (χ2v) is 5.14. The van der Waals surface area contributed by atoms with Gasteiger partial charge < -0.3 is 4.57 Å². The van der Waals surface area contributed by atoms with Crippen LogP contribution in [0.1, 0.15) is 13.3 Å². The molecule has 0 saturated heterocycles. The summed E-state index contributed by atoms with van der Waals surface area (Å²) in [5.74, 6) is 0. The zero-order valence-corrected chi connectivity index (χ0v) is 9.32. The number of aryl methyl sites for hydroxylation is 1. The first-order chi connectivity index (χ1) is 6.11. The number of nitrogens with zero attached hydrogens (tertiary/aromatic N) is 2. The Hall–Kier alpha value is -0.490. The van der Waals surface area contributed by atoms with Crippen molar-refractivity contribution < 1.29 is 4.21 Å². The highest BCUT2D eigenvalue weighted by molar-refractivity contribution is 7.84. The van der Waals surface area contributed by atoms with E-state index in [0.717, 1.165) is 13.0 Å². The highest BCUT2D eigenvalue weighted by atomic mass is 32.2. The van der Waals surface area contributed by atoms with Crippen molar-refractivity contribution in [3.8, 4) is 0 Å². The lowest BCUT2D eigenvalue weighted by Gasteiger charge is -2.07. The fourth-order valence-electron chi connectivity index (χ4n) is 0.917. The number of aromatic nitrogens is 3. The molecule has 6 heteroatoms. The van der Waals surface area contributed by atoms with Crippen LogP contribution in [0.25, 0.3) is 0 Å². The number of H-pyrrole nitrogens is 1. The van der Waals surface area contributed by atoms with Gasteiger partial charge in [-0.25, -0.2) is 0 Å². The van der Waals surface area contributed by atoms with Crippen molar-refractivity contribution in [3.63, 3.8) is 0 Å². The van der Waals surface area contributed by atoms with Crippen LogP contribution in [0.2, 0.25) is 0 Å². The maximum absolute atomic E-state index is 11.0. The molecule has 0 spiro atoms. The molecule has 1 N–H and O–H groups in total. The molecule has 1 aromatic heterocycles. The quantitative estimate of drug-likeness (QED) is 0.771. The molecule has 0 aliphatic rings. The van der Waals surface area contributed by atoms with E-state index >= 15 is 0 Å². The molecule has 1 aromatic rings. The Morgan fingerprint density at radius 2 is 2.54 bits per heavy atom. The summed E-state index contributed by atoms with van der Waals surface area (Å²) in [6, 6.07) is 0. The first-order valence-electron chi connectivity index (χ1n) is 4.03. The summed E-state index contributed by atoms with van der Waals surface area (Å²) in [6.07, 6.45) is 4.24. The Labute approximate surface area is 84.8 Å². The van der Waals surface area contributed by atoms with E-state index in [2.05, 4.69) is 10.2 Å². The van der Waals surface area contributed by atoms with Crippen molar-refractivity contribution in [1.82, 2.24) is 14.8 Å². The predicted octanol–water partition coefficient (Wildman–Crippen LogP) is 1.10. The molecule has 2 atom stereocenters. The minimum atomic E-state index is -0.756. The predicted molar refractivity (Wildman–Crippen MR) is 55.6 cm³/mol. The standard InChI is InChI=1S/C7H13N3OS2/c1-6(13(2)11)3-4-10-5-8-9-7(10)12/h5-6H,3-4H2,1-2H3,(H,9,12). The van der Waals surface area contributed by atoms with Gasteiger partial charge in [-0.3, -0.25) is 9.31 Å². The van der Waals surface area contributed by atoms with Crippen molar-refractivity contribution in [1.29, 1.82) is 0 Å². The monoisotopic (exact) mass is 219 g/mol. The largest absolute Gasteiger partial charge is 0.307 e. The van der Waals surface area contributed by atoms with E-state index in [-0.39, 0.29) is 5.25 Å².